The Morgan fingerprint density at radius 1 is 0.949 bits per heavy atom. The van der Waals surface area contributed by atoms with Crippen molar-refractivity contribution in [3.05, 3.63) is 134 Å². The van der Waals surface area contributed by atoms with Crippen molar-refractivity contribution in [2.45, 2.75) is 18.4 Å². The van der Waals surface area contributed by atoms with Crippen LogP contribution >= 0.6 is 23.2 Å². The van der Waals surface area contributed by atoms with Crippen molar-refractivity contribution in [3.63, 3.8) is 0 Å². The molecule has 0 aliphatic rings. The molecule has 5 aromatic rings. The van der Waals surface area contributed by atoms with Crippen molar-refractivity contribution in [3.8, 4) is 0 Å². The molecule has 0 bridgehead atoms. The van der Waals surface area contributed by atoms with Gasteiger partial charge in [-0.3, -0.25) is 4.79 Å². The highest BCUT2D eigenvalue weighted by molar-refractivity contribution is 6.30. The Balaban J connectivity index is 1.75. The smallest absolute Gasteiger partial charge is 0.405 e. The first-order valence-corrected chi connectivity index (χ1v) is 13.1. The molecule has 2 N–H and O–H groups in total. The zero-order chi connectivity index (χ0) is 27.7. The minimum Gasteiger partial charge on any atom is -0.465 e. The lowest BCUT2D eigenvalue weighted by Gasteiger charge is -2.35. The number of fused-ring (bicyclic) bond motifs is 1. The third-order valence-corrected chi connectivity index (χ3v) is 7.60. The van der Waals surface area contributed by atoms with E-state index in [1.807, 2.05) is 49.5 Å². The molecular formula is C30H26Cl2N4O3. The number of hydrogen-bond donors (Lipinski definition) is 2. The zero-order valence-electron chi connectivity index (χ0n) is 21.4. The van der Waals surface area contributed by atoms with Gasteiger partial charge in [0.2, 0.25) is 0 Å². The number of aryl methyl sites for hydroxylation is 4. The van der Waals surface area contributed by atoms with E-state index in [1.165, 1.54) is 0 Å². The molecule has 0 saturated heterocycles. The van der Waals surface area contributed by atoms with Crippen LogP contribution in [-0.4, -0.2) is 25.3 Å². The third kappa shape index (κ3) is 5.03. The van der Waals surface area contributed by atoms with Crippen molar-refractivity contribution in [2.75, 3.05) is 0 Å². The zero-order valence-corrected chi connectivity index (χ0v) is 22.9. The van der Waals surface area contributed by atoms with Crippen LogP contribution < -0.4 is 10.9 Å². The summed E-state index contributed by atoms with van der Waals surface area (Å²) in [6.45, 7) is 0. The molecule has 0 aliphatic heterocycles. The molecular weight excluding hydrogens is 535 g/mol. The molecule has 39 heavy (non-hydrogen) atoms. The molecule has 3 aromatic carbocycles. The highest BCUT2D eigenvalue weighted by Gasteiger charge is 2.41. The van der Waals surface area contributed by atoms with E-state index in [0.29, 0.717) is 39.7 Å². The lowest BCUT2D eigenvalue weighted by atomic mass is 9.79. The van der Waals surface area contributed by atoms with Gasteiger partial charge >= 0.3 is 6.09 Å². The van der Waals surface area contributed by atoms with Gasteiger partial charge in [-0.25, -0.2) is 9.78 Å². The number of amides is 1. The van der Waals surface area contributed by atoms with Gasteiger partial charge in [0.15, 0.2) is 0 Å². The van der Waals surface area contributed by atoms with Gasteiger partial charge in [-0.05, 0) is 71.5 Å². The standard InChI is InChI=1S/C30H26Cl2N4O3/c1-35-18-33-17-27(35)30(34-29(38)39,21-8-11-23(31)12-9-21)22-10-13-26-25(16-22)20(15-28(37)36(26)2)7-6-19-4-3-5-24(32)14-19/h3-5,8-18,34H,6-7H2,1-2H3,(H,38,39). The monoisotopic (exact) mass is 560 g/mol. The molecule has 2 aromatic heterocycles. The molecule has 0 aliphatic carbocycles. The van der Waals surface area contributed by atoms with Crippen LogP contribution in [0.3, 0.4) is 0 Å². The van der Waals surface area contributed by atoms with Crippen LogP contribution in [0.4, 0.5) is 4.79 Å². The second-order valence-electron chi connectivity index (χ2n) is 9.51. The molecule has 0 radical (unpaired) electrons. The Kier molecular flexibility index (Phi) is 7.21. The van der Waals surface area contributed by atoms with Gasteiger partial charge in [0, 0.05) is 35.6 Å². The molecule has 1 unspecified atom stereocenters. The van der Waals surface area contributed by atoms with Crippen LogP contribution in [0, 0.1) is 0 Å². The Bertz CT molecular complexity index is 1740. The summed E-state index contributed by atoms with van der Waals surface area (Å²) in [6, 6.07) is 22.0. The van der Waals surface area contributed by atoms with Crippen molar-refractivity contribution in [1.29, 1.82) is 0 Å². The largest absolute Gasteiger partial charge is 0.465 e. The molecule has 198 valence electrons. The fourth-order valence-electron chi connectivity index (χ4n) is 5.19. The summed E-state index contributed by atoms with van der Waals surface area (Å²) in [7, 11) is 3.55. The lowest BCUT2D eigenvalue weighted by molar-refractivity contribution is 0.185. The first kappa shape index (κ1) is 26.5. The molecule has 9 heteroatoms. The van der Waals surface area contributed by atoms with Crippen molar-refractivity contribution < 1.29 is 9.90 Å². The van der Waals surface area contributed by atoms with Crippen LogP contribution in [0.15, 0.2) is 90.1 Å². The van der Waals surface area contributed by atoms with Gasteiger partial charge in [-0.2, -0.15) is 0 Å². The first-order valence-electron chi connectivity index (χ1n) is 12.3. The Hall–Kier alpha value is -4.07. The van der Waals surface area contributed by atoms with Gasteiger partial charge in [0.05, 0.1) is 23.7 Å². The van der Waals surface area contributed by atoms with Crippen LogP contribution in [0.25, 0.3) is 10.9 Å². The van der Waals surface area contributed by atoms with E-state index in [2.05, 4.69) is 10.3 Å². The topological polar surface area (TPSA) is 89.2 Å². The van der Waals surface area contributed by atoms with Gasteiger partial charge in [-0.15, -0.1) is 0 Å². The SMILES string of the molecule is Cn1cncc1C(NC(=O)O)(c1ccc(Cl)cc1)c1ccc2c(c1)c(CCc1cccc(Cl)c1)cc(=O)n2C. The fraction of sp³-hybridized carbons (Fsp3) is 0.167. The number of hydrogen-bond acceptors (Lipinski definition) is 3. The minimum atomic E-state index is -1.31. The first-order chi connectivity index (χ1) is 18.7. The third-order valence-electron chi connectivity index (χ3n) is 7.11. The number of nitrogens with one attached hydrogen (secondary N) is 1. The second kappa shape index (κ2) is 10.6. The highest BCUT2D eigenvalue weighted by atomic mass is 35.5. The van der Waals surface area contributed by atoms with Crippen LogP contribution in [0.1, 0.15) is 27.9 Å². The number of pyridine rings is 1. The summed E-state index contributed by atoms with van der Waals surface area (Å²) in [6.07, 6.45) is 3.36. The maximum absolute atomic E-state index is 12.9. The summed E-state index contributed by atoms with van der Waals surface area (Å²) in [4.78, 5) is 29.5. The average Bonchev–Trinajstić information content (AvgIpc) is 3.35. The van der Waals surface area contributed by atoms with Gasteiger partial charge in [0.25, 0.3) is 5.56 Å². The number of carboxylic acid groups (broad SMARTS) is 1. The maximum atomic E-state index is 12.9. The van der Waals surface area contributed by atoms with E-state index in [1.54, 1.807) is 59.0 Å². The Morgan fingerprint density at radius 3 is 2.36 bits per heavy atom. The van der Waals surface area contributed by atoms with Crippen LogP contribution in [-0.2, 0) is 32.5 Å². The number of halogens is 2. The molecule has 1 atom stereocenters. The highest BCUT2D eigenvalue weighted by Crippen LogP contribution is 2.38. The summed E-state index contributed by atoms with van der Waals surface area (Å²) < 4.78 is 3.39. The summed E-state index contributed by atoms with van der Waals surface area (Å²) in [5, 5.41) is 14.9. The van der Waals surface area contributed by atoms with Crippen LogP contribution in [0.2, 0.25) is 10.0 Å². The molecule has 0 fully saturated rings. The van der Waals surface area contributed by atoms with Crippen molar-refractivity contribution >= 4 is 40.2 Å². The summed E-state index contributed by atoms with van der Waals surface area (Å²) in [5.41, 5.74) is 3.21. The molecule has 1 amide bonds. The van der Waals surface area contributed by atoms with Crippen molar-refractivity contribution in [2.24, 2.45) is 14.1 Å². The molecule has 2 heterocycles. The van der Waals surface area contributed by atoms with E-state index >= 15 is 0 Å². The van der Waals surface area contributed by atoms with E-state index < -0.39 is 11.6 Å². The van der Waals surface area contributed by atoms with Crippen LogP contribution in [0.5, 0.6) is 0 Å². The predicted octanol–water partition coefficient (Wildman–Crippen LogP) is 5.92. The number of carbonyl (C=O) groups is 1. The minimum absolute atomic E-state index is 0.115. The molecule has 0 spiro atoms. The number of aromatic nitrogens is 3. The number of benzene rings is 3. The summed E-state index contributed by atoms with van der Waals surface area (Å²) >= 11 is 12.4. The Labute approximate surface area is 235 Å². The summed E-state index contributed by atoms with van der Waals surface area (Å²) in [5.74, 6) is 0. The number of nitrogens with zero attached hydrogens (tertiary/aromatic N) is 3. The van der Waals surface area contributed by atoms with Gasteiger partial charge < -0.3 is 19.6 Å². The lowest BCUT2D eigenvalue weighted by Crippen LogP contribution is -2.48. The van der Waals surface area contributed by atoms with E-state index in [0.717, 1.165) is 22.0 Å². The van der Waals surface area contributed by atoms with E-state index in [-0.39, 0.29) is 5.56 Å². The van der Waals surface area contributed by atoms with E-state index in [9.17, 15) is 14.7 Å². The maximum Gasteiger partial charge on any atom is 0.405 e. The van der Waals surface area contributed by atoms with Gasteiger partial charge in [0.1, 0.15) is 5.54 Å². The quantitative estimate of drug-likeness (QED) is 0.258. The Morgan fingerprint density at radius 2 is 1.69 bits per heavy atom. The van der Waals surface area contributed by atoms with E-state index in [4.69, 9.17) is 23.2 Å². The second-order valence-corrected chi connectivity index (χ2v) is 10.4. The molecule has 5 rings (SSSR count). The van der Waals surface area contributed by atoms with Crippen molar-refractivity contribution in [1.82, 2.24) is 19.4 Å². The number of rotatable bonds is 7. The molecule has 0 saturated carbocycles. The average molecular weight is 561 g/mol. The molecule has 7 nitrogen and oxygen atoms in total. The number of imidazole rings is 1. The normalized spacial score (nSPS) is 12.8. The van der Waals surface area contributed by atoms with Gasteiger partial charge in [-0.1, -0.05) is 53.5 Å². The fourth-order valence-corrected chi connectivity index (χ4v) is 5.53. The predicted molar refractivity (Wildman–Crippen MR) is 154 cm³/mol.